The molecule has 0 bridgehead atoms. The standard InChI is InChI=1S/C8H11Cl2N3O2S/c1-6(3-9)4-16(14,15)13-8-2-7(10)11-5-12-8/h2,5-6H,3-4H2,1H3,(H,11,12,13). The first-order chi connectivity index (χ1) is 7.43. The zero-order chi connectivity index (χ0) is 12.2. The molecule has 0 radical (unpaired) electrons. The van der Waals surface area contributed by atoms with Crippen LogP contribution in [0.4, 0.5) is 5.82 Å². The van der Waals surface area contributed by atoms with Gasteiger partial charge in [-0.3, -0.25) is 4.72 Å². The van der Waals surface area contributed by atoms with Gasteiger partial charge in [0.05, 0.1) is 5.75 Å². The van der Waals surface area contributed by atoms with Crippen molar-refractivity contribution in [3.8, 4) is 0 Å². The second-order valence-corrected chi connectivity index (χ2v) is 5.83. The highest BCUT2D eigenvalue weighted by Crippen LogP contribution is 2.12. The summed E-state index contributed by atoms with van der Waals surface area (Å²) in [6, 6.07) is 1.34. The number of anilines is 1. The second kappa shape index (κ2) is 5.65. The van der Waals surface area contributed by atoms with Gasteiger partial charge in [0.1, 0.15) is 17.3 Å². The Morgan fingerprint density at radius 3 is 2.75 bits per heavy atom. The number of hydrogen-bond acceptors (Lipinski definition) is 4. The number of halogens is 2. The molecular formula is C8H11Cl2N3O2S. The van der Waals surface area contributed by atoms with Crippen molar-refractivity contribution >= 4 is 39.0 Å². The van der Waals surface area contributed by atoms with Crippen LogP contribution in [-0.2, 0) is 10.0 Å². The summed E-state index contributed by atoms with van der Waals surface area (Å²) in [5, 5.41) is 0.179. The van der Waals surface area contributed by atoms with Crippen LogP contribution in [0.2, 0.25) is 5.15 Å². The first kappa shape index (κ1) is 13.5. The molecule has 0 spiro atoms. The predicted octanol–water partition coefficient (Wildman–Crippen LogP) is 1.75. The lowest BCUT2D eigenvalue weighted by Gasteiger charge is -2.10. The van der Waals surface area contributed by atoms with Gasteiger partial charge in [-0.2, -0.15) is 0 Å². The summed E-state index contributed by atoms with van der Waals surface area (Å²) in [5.41, 5.74) is 0. The molecule has 1 aromatic rings. The van der Waals surface area contributed by atoms with E-state index in [1.807, 2.05) is 0 Å². The van der Waals surface area contributed by atoms with Gasteiger partial charge in [-0.25, -0.2) is 18.4 Å². The first-order valence-electron chi connectivity index (χ1n) is 4.47. The van der Waals surface area contributed by atoms with Crippen LogP contribution < -0.4 is 4.72 Å². The molecule has 1 N–H and O–H groups in total. The molecule has 0 saturated carbocycles. The number of sulfonamides is 1. The molecular weight excluding hydrogens is 273 g/mol. The van der Waals surface area contributed by atoms with Gasteiger partial charge in [0.25, 0.3) is 0 Å². The summed E-state index contributed by atoms with van der Waals surface area (Å²) in [5.74, 6) is 0.252. The van der Waals surface area contributed by atoms with E-state index >= 15 is 0 Å². The maximum atomic E-state index is 11.6. The van der Waals surface area contributed by atoms with E-state index < -0.39 is 10.0 Å². The van der Waals surface area contributed by atoms with E-state index in [2.05, 4.69) is 14.7 Å². The minimum atomic E-state index is -3.45. The van der Waals surface area contributed by atoms with Gasteiger partial charge in [0, 0.05) is 11.9 Å². The monoisotopic (exact) mass is 283 g/mol. The second-order valence-electron chi connectivity index (χ2n) is 3.37. The Balaban J connectivity index is 2.73. The highest BCUT2D eigenvalue weighted by molar-refractivity contribution is 7.92. The van der Waals surface area contributed by atoms with Crippen LogP contribution in [0.15, 0.2) is 12.4 Å². The Hall–Kier alpha value is -0.590. The molecule has 16 heavy (non-hydrogen) atoms. The Bertz CT molecular complexity index is 452. The largest absolute Gasteiger partial charge is 0.267 e. The molecule has 0 aliphatic heterocycles. The van der Waals surface area contributed by atoms with Crippen LogP contribution in [0, 0.1) is 5.92 Å². The fraction of sp³-hybridized carbons (Fsp3) is 0.500. The number of aromatic nitrogens is 2. The number of nitrogens with one attached hydrogen (secondary N) is 1. The summed E-state index contributed by atoms with van der Waals surface area (Å²) in [4.78, 5) is 7.38. The van der Waals surface area contributed by atoms with Crippen LogP contribution in [0.25, 0.3) is 0 Å². The smallest absolute Gasteiger partial charge is 0.234 e. The SMILES string of the molecule is CC(CCl)CS(=O)(=O)Nc1cc(Cl)ncn1. The zero-order valence-corrected chi connectivity index (χ0v) is 10.8. The van der Waals surface area contributed by atoms with E-state index in [9.17, 15) is 8.42 Å². The van der Waals surface area contributed by atoms with Crippen LogP contribution in [0.3, 0.4) is 0 Å². The summed E-state index contributed by atoms with van der Waals surface area (Å²) < 4.78 is 25.5. The number of hydrogen-bond donors (Lipinski definition) is 1. The summed E-state index contributed by atoms with van der Waals surface area (Å²) in [7, 11) is -3.45. The van der Waals surface area contributed by atoms with Gasteiger partial charge >= 0.3 is 0 Å². The quantitative estimate of drug-likeness (QED) is 0.660. The normalized spacial score (nSPS) is 13.4. The summed E-state index contributed by atoms with van der Waals surface area (Å²) in [6.07, 6.45) is 1.19. The van der Waals surface area contributed by atoms with E-state index in [1.54, 1.807) is 6.92 Å². The van der Waals surface area contributed by atoms with Crippen molar-refractivity contribution in [3.63, 3.8) is 0 Å². The molecule has 1 unspecified atom stereocenters. The number of rotatable bonds is 5. The zero-order valence-electron chi connectivity index (χ0n) is 8.52. The van der Waals surface area contributed by atoms with E-state index in [0.717, 1.165) is 0 Å². The number of alkyl halides is 1. The van der Waals surface area contributed by atoms with Crippen LogP contribution >= 0.6 is 23.2 Å². The Morgan fingerprint density at radius 2 is 2.19 bits per heavy atom. The molecule has 5 nitrogen and oxygen atoms in total. The summed E-state index contributed by atoms with van der Waals surface area (Å²) in [6.45, 7) is 1.75. The van der Waals surface area contributed by atoms with Gasteiger partial charge in [0.15, 0.2) is 0 Å². The van der Waals surface area contributed by atoms with Gasteiger partial charge < -0.3 is 0 Å². The van der Waals surface area contributed by atoms with Crippen molar-refractivity contribution in [3.05, 3.63) is 17.5 Å². The fourth-order valence-electron chi connectivity index (χ4n) is 1.01. The van der Waals surface area contributed by atoms with Crippen molar-refractivity contribution in [1.82, 2.24) is 9.97 Å². The molecule has 0 saturated heterocycles. The molecule has 1 rings (SSSR count). The lowest BCUT2D eigenvalue weighted by atomic mass is 10.3. The Kier molecular flexibility index (Phi) is 4.76. The lowest BCUT2D eigenvalue weighted by molar-refractivity contribution is 0.588. The molecule has 0 aliphatic rings. The lowest BCUT2D eigenvalue weighted by Crippen LogP contribution is -2.22. The molecule has 0 fully saturated rings. The van der Waals surface area contributed by atoms with Gasteiger partial charge in [0.2, 0.25) is 10.0 Å². The van der Waals surface area contributed by atoms with Crippen molar-refractivity contribution in [1.29, 1.82) is 0 Å². The van der Waals surface area contributed by atoms with Crippen LogP contribution in [0.1, 0.15) is 6.92 Å². The maximum absolute atomic E-state index is 11.6. The third-order valence-electron chi connectivity index (χ3n) is 1.66. The van der Waals surface area contributed by atoms with E-state index in [-0.39, 0.29) is 28.5 Å². The van der Waals surface area contributed by atoms with Crippen LogP contribution in [-0.4, -0.2) is 30.0 Å². The molecule has 0 amide bonds. The van der Waals surface area contributed by atoms with Crippen molar-refractivity contribution in [2.45, 2.75) is 6.92 Å². The van der Waals surface area contributed by atoms with Gasteiger partial charge in [-0.15, -0.1) is 11.6 Å². The third-order valence-corrected chi connectivity index (χ3v) is 3.92. The molecule has 0 aromatic carbocycles. The van der Waals surface area contributed by atoms with E-state index in [4.69, 9.17) is 23.2 Å². The molecule has 90 valence electrons. The van der Waals surface area contributed by atoms with Crippen molar-refractivity contribution in [2.24, 2.45) is 5.92 Å². The highest BCUT2D eigenvalue weighted by Gasteiger charge is 2.15. The highest BCUT2D eigenvalue weighted by atomic mass is 35.5. The topological polar surface area (TPSA) is 72.0 Å². The molecule has 8 heteroatoms. The number of nitrogens with zero attached hydrogens (tertiary/aromatic N) is 2. The van der Waals surface area contributed by atoms with Crippen molar-refractivity contribution in [2.75, 3.05) is 16.4 Å². The fourth-order valence-corrected chi connectivity index (χ4v) is 2.78. The van der Waals surface area contributed by atoms with Gasteiger partial charge in [-0.05, 0) is 5.92 Å². The first-order valence-corrected chi connectivity index (χ1v) is 7.03. The predicted molar refractivity (Wildman–Crippen MR) is 64.3 cm³/mol. The van der Waals surface area contributed by atoms with E-state index in [1.165, 1.54) is 12.4 Å². The van der Waals surface area contributed by atoms with Gasteiger partial charge in [-0.1, -0.05) is 18.5 Å². The molecule has 1 aromatic heterocycles. The maximum Gasteiger partial charge on any atom is 0.234 e. The molecule has 1 atom stereocenters. The minimum absolute atomic E-state index is 0.0574. The average molecular weight is 284 g/mol. The van der Waals surface area contributed by atoms with Crippen molar-refractivity contribution < 1.29 is 8.42 Å². The molecule has 1 heterocycles. The average Bonchev–Trinajstić information content (AvgIpc) is 2.15. The summed E-state index contributed by atoms with van der Waals surface area (Å²) >= 11 is 11.1. The Labute approximate surface area is 104 Å². The molecule has 0 aliphatic carbocycles. The third kappa shape index (κ3) is 4.51. The Morgan fingerprint density at radius 1 is 1.50 bits per heavy atom. The van der Waals surface area contributed by atoms with E-state index in [0.29, 0.717) is 0 Å². The van der Waals surface area contributed by atoms with Crippen LogP contribution in [0.5, 0.6) is 0 Å². The minimum Gasteiger partial charge on any atom is -0.267 e.